The average Bonchev–Trinajstić information content (AvgIpc) is 3.13. The molecule has 0 unspecified atom stereocenters. The van der Waals surface area contributed by atoms with Gasteiger partial charge in [-0.05, 0) is 42.3 Å². The molecule has 0 radical (unpaired) electrons. The van der Waals surface area contributed by atoms with Crippen LogP contribution in [0.4, 0.5) is 0 Å². The molecule has 0 amide bonds. The molecule has 0 saturated carbocycles. The SMILES string of the molecule is O=S(=O)(NCCc1ccc(Cl)cc1)c1ccc2nc(-c3ccccc3)[nH]c2c1. The molecule has 0 aliphatic rings. The molecule has 0 aliphatic carbocycles. The maximum Gasteiger partial charge on any atom is 0.240 e. The molecule has 1 aromatic heterocycles. The van der Waals surface area contributed by atoms with Gasteiger partial charge in [0.05, 0.1) is 15.9 Å². The first-order valence-electron chi connectivity index (χ1n) is 8.80. The zero-order valence-electron chi connectivity index (χ0n) is 14.9. The van der Waals surface area contributed by atoms with Gasteiger partial charge in [0.15, 0.2) is 0 Å². The molecule has 0 spiro atoms. The normalized spacial score (nSPS) is 11.8. The summed E-state index contributed by atoms with van der Waals surface area (Å²) in [5, 5.41) is 0.659. The van der Waals surface area contributed by atoms with Crippen LogP contribution in [0.25, 0.3) is 22.4 Å². The van der Waals surface area contributed by atoms with Crippen molar-refractivity contribution in [1.29, 1.82) is 0 Å². The van der Waals surface area contributed by atoms with E-state index in [1.165, 1.54) is 0 Å². The van der Waals surface area contributed by atoms with E-state index in [9.17, 15) is 8.42 Å². The van der Waals surface area contributed by atoms with Crippen LogP contribution in [0.1, 0.15) is 5.56 Å². The van der Waals surface area contributed by atoms with E-state index >= 15 is 0 Å². The number of halogens is 1. The van der Waals surface area contributed by atoms with Crippen molar-refractivity contribution in [2.75, 3.05) is 6.54 Å². The number of nitrogens with zero attached hydrogens (tertiary/aromatic N) is 1. The fourth-order valence-electron chi connectivity index (χ4n) is 2.95. The maximum absolute atomic E-state index is 12.6. The van der Waals surface area contributed by atoms with Gasteiger partial charge in [0.25, 0.3) is 0 Å². The van der Waals surface area contributed by atoms with Crippen molar-refractivity contribution >= 4 is 32.7 Å². The van der Waals surface area contributed by atoms with Gasteiger partial charge in [0.1, 0.15) is 5.82 Å². The Morgan fingerprint density at radius 3 is 2.46 bits per heavy atom. The highest BCUT2D eigenvalue weighted by Crippen LogP contribution is 2.22. The van der Waals surface area contributed by atoms with Gasteiger partial charge in [-0.15, -0.1) is 0 Å². The lowest BCUT2D eigenvalue weighted by Gasteiger charge is -2.07. The lowest BCUT2D eigenvalue weighted by molar-refractivity contribution is 0.582. The van der Waals surface area contributed by atoms with Gasteiger partial charge in [0, 0.05) is 17.1 Å². The Hall–Kier alpha value is -2.67. The molecule has 0 saturated heterocycles. The molecule has 142 valence electrons. The Morgan fingerprint density at radius 1 is 0.964 bits per heavy atom. The third kappa shape index (κ3) is 4.09. The van der Waals surface area contributed by atoms with Gasteiger partial charge in [0.2, 0.25) is 10.0 Å². The zero-order chi connectivity index (χ0) is 19.6. The summed E-state index contributed by atoms with van der Waals surface area (Å²) in [6, 6.07) is 22.0. The topological polar surface area (TPSA) is 74.8 Å². The smallest absolute Gasteiger partial charge is 0.240 e. The number of imidazole rings is 1. The second-order valence-corrected chi connectivity index (χ2v) is 8.61. The van der Waals surface area contributed by atoms with Gasteiger partial charge in [-0.25, -0.2) is 18.1 Å². The van der Waals surface area contributed by atoms with E-state index in [1.54, 1.807) is 30.3 Å². The molecule has 1 heterocycles. The van der Waals surface area contributed by atoms with E-state index in [0.29, 0.717) is 29.3 Å². The predicted molar refractivity (Wildman–Crippen MR) is 112 cm³/mol. The number of sulfonamides is 1. The molecule has 7 heteroatoms. The Kier molecular flexibility index (Phi) is 5.17. The van der Waals surface area contributed by atoms with Crippen molar-refractivity contribution in [3.05, 3.63) is 83.4 Å². The summed E-state index contributed by atoms with van der Waals surface area (Å²) in [6.07, 6.45) is 0.584. The minimum atomic E-state index is -3.61. The van der Waals surface area contributed by atoms with Crippen LogP contribution in [0, 0.1) is 0 Å². The molecule has 0 aliphatic heterocycles. The van der Waals surface area contributed by atoms with Crippen LogP contribution in [-0.4, -0.2) is 24.9 Å². The molecule has 5 nitrogen and oxygen atoms in total. The fraction of sp³-hybridized carbons (Fsp3) is 0.0952. The van der Waals surface area contributed by atoms with E-state index in [4.69, 9.17) is 11.6 Å². The molecule has 4 aromatic rings. The number of hydrogen-bond donors (Lipinski definition) is 2. The number of benzene rings is 3. The van der Waals surface area contributed by atoms with Crippen LogP contribution in [0.15, 0.2) is 77.7 Å². The van der Waals surface area contributed by atoms with Crippen molar-refractivity contribution in [1.82, 2.24) is 14.7 Å². The quantitative estimate of drug-likeness (QED) is 0.493. The fourth-order valence-corrected chi connectivity index (χ4v) is 4.14. The van der Waals surface area contributed by atoms with Crippen LogP contribution in [0.5, 0.6) is 0 Å². The molecule has 2 N–H and O–H groups in total. The number of nitrogens with one attached hydrogen (secondary N) is 2. The summed E-state index contributed by atoms with van der Waals surface area (Å²) >= 11 is 5.87. The Bertz CT molecular complexity index is 1200. The minimum absolute atomic E-state index is 0.208. The zero-order valence-corrected chi connectivity index (χ0v) is 16.5. The number of H-pyrrole nitrogens is 1. The van der Waals surface area contributed by atoms with Crippen molar-refractivity contribution in [3.8, 4) is 11.4 Å². The lowest BCUT2D eigenvalue weighted by Crippen LogP contribution is -2.26. The summed E-state index contributed by atoms with van der Waals surface area (Å²) in [5.41, 5.74) is 3.37. The standard InChI is InChI=1S/C21H18ClN3O2S/c22-17-8-6-15(7-9-17)12-13-23-28(26,27)18-10-11-19-20(14-18)25-21(24-19)16-4-2-1-3-5-16/h1-11,14,23H,12-13H2,(H,24,25). The highest BCUT2D eigenvalue weighted by atomic mass is 35.5. The van der Waals surface area contributed by atoms with E-state index < -0.39 is 10.0 Å². The first-order chi connectivity index (χ1) is 13.5. The first kappa shape index (κ1) is 18.7. The summed E-state index contributed by atoms with van der Waals surface area (Å²) in [4.78, 5) is 7.94. The Balaban J connectivity index is 1.51. The largest absolute Gasteiger partial charge is 0.338 e. The predicted octanol–water partition coefficient (Wildman–Crippen LogP) is 4.40. The number of hydrogen-bond acceptors (Lipinski definition) is 3. The molecule has 0 bridgehead atoms. The molecule has 0 fully saturated rings. The summed E-state index contributed by atoms with van der Waals surface area (Å²) in [6.45, 7) is 0.306. The van der Waals surface area contributed by atoms with E-state index in [0.717, 1.165) is 16.6 Å². The van der Waals surface area contributed by atoms with Crippen molar-refractivity contribution < 1.29 is 8.42 Å². The maximum atomic E-state index is 12.6. The molecular weight excluding hydrogens is 394 g/mol. The minimum Gasteiger partial charge on any atom is -0.338 e. The van der Waals surface area contributed by atoms with Crippen LogP contribution < -0.4 is 4.72 Å². The number of fused-ring (bicyclic) bond motifs is 1. The van der Waals surface area contributed by atoms with Crippen molar-refractivity contribution in [2.45, 2.75) is 11.3 Å². The first-order valence-corrected chi connectivity index (χ1v) is 10.7. The van der Waals surface area contributed by atoms with E-state index in [2.05, 4.69) is 14.7 Å². The van der Waals surface area contributed by atoms with Crippen molar-refractivity contribution in [2.24, 2.45) is 0 Å². The van der Waals surface area contributed by atoms with Crippen LogP contribution >= 0.6 is 11.6 Å². The molecular formula is C21H18ClN3O2S. The van der Waals surface area contributed by atoms with Gasteiger partial charge in [-0.3, -0.25) is 0 Å². The summed E-state index contributed by atoms with van der Waals surface area (Å²) in [7, 11) is -3.61. The van der Waals surface area contributed by atoms with E-state index in [-0.39, 0.29) is 4.90 Å². The second kappa shape index (κ2) is 7.75. The lowest BCUT2D eigenvalue weighted by atomic mass is 10.2. The highest BCUT2D eigenvalue weighted by Gasteiger charge is 2.15. The third-order valence-corrected chi connectivity index (χ3v) is 6.14. The number of rotatable bonds is 6. The van der Waals surface area contributed by atoms with Gasteiger partial charge in [-0.2, -0.15) is 0 Å². The Morgan fingerprint density at radius 2 is 1.71 bits per heavy atom. The molecule has 4 rings (SSSR count). The molecule has 0 atom stereocenters. The molecule has 28 heavy (non-hydrogen) atoms. The van der Waals surface area contributed by atoms with Gasteiger partial charge < -0.3 is 4.98 Å². The number of aromatic amines is 1. The number of aromatic nitrogens is 2. The second-order valence-electron chi connectivity index (χ2n) is 6.40. The Labute approximate surface area is 168 Å². The third-order valence-electron chi connectivity index (χ3n) is 4.43. The van der Waals surface area contributed by atoms with E-state index in [1.807, 2.05) is 42.5 Å². The van der Waals surface area contributed by atoms with Gasteiger partial charge >= 0.3 is 0 Å². The summed E-state index contributed by atoms with van der Waals surface area (Å²) in [5.74, 6) is 0.709. The van der Waals surface area contributed by atoms with Gasteiger partial charge in [-0.1, -0.05) is 54.1 Å². The monoisotopic (exact) mass is 411 g/mol. The highest BCUT2D eigenvalue weighted by molar-refractivity contribution is 7.89. The van der Waals surface area contributed by atoms with Crippen LogP contribution in [-0.2, 0) is 16.4 Å². The van der Waals surface area contributed by atoms with Crippen molar-refractivity contribution in [3.63, 3.8) is 0 Å². The van der Waals surface area contributed by atoms with Crippen LogP contribution in [0.2, 0.25) is 5.02 Å². The summed E-state index contributed by atoms with van der Waals surface area (Å²) < 4.78 is 27.9. The molecule has 3 aromatic carbocycles. The average molecular weight is 412 g/mol. The van der Waals surface area contributed by atoms with Crippen LogP contribution in [0.3, 0.4) is 0 Å².